The molecule has 10 heteroatoms. The van der Waals surface area contributed by atoms with Crippen LogP contribution in [0.1, 0.15) is 12.1 Å². The number of rotatable bonds is 4. The number of anilines is 2. The van der Waals surface area contributed by atoms with Gasteiger partial charge in [0.15, 0.2) is 0 Å². The summed E-state index contributed by atoms with van der Waals surface area (Å²) in [7, 11) is 0. The lowest BCUT2D eigenvalue weighted by Gasteiger charge is -2.12. The van der Waals surface area contributed by atoms with Crippen LogP contribution in [0.3, 0.4) is 0 Å². The Hall–Kier alpha value is -2.49. The van der Waals surface area contributed by atoms with Crippen molar-refractivity contribution in [1.82, 2.24) is 15.3 Å². The van der Waals surface area contributed by atoms with E-state index in [2.05, 4.69) is 26.0 Å². The summed E-state index contributed by atoms with van der Waals surface area (Å²) in [5.74, 6) is 5.22. The Morgan fingerprint density at radius 1 is 1.53 bits per heavy atom. The first-order valence-electron chi connectivity index (χ1n) is 5.54. The number of carbonyl (C=O) groups is 1. The van der Waals surface area contributed by atoms with Gasteiger partial charge in [-0.05, 0) is 6.92 Å². The summed E-state index contributed by atoms with van der Waals surface area (Å²) in [4.78, 5) is 29.3. The molecule has 1 aliphatic heterocycles. The summed E-state index contributed by atoms with van der Waals surface area (Å²) < 4.78 is 0. The quantitative estimate of drug-likeness (QED) is 0.317. The molecule has 0 radical (unpaired) electrons. The Morgan fingerprint density at radius 3 is 2.79 bits per heavy atom. The van der Waals surface area contributed by atoms with E-state index in [1.54, 1.807) is 0 Å². The first-order chi connectivity index (χ1) is 9.01. The zero-order valence-electron chi connectivity index (χ0n) is 10.1. The second-order valence-electron chi connectivity index (χ2n) is 4.08. The van der Waals surface area contributed by atoms with Crippen molar-refractivity contribution < 1.29 is 9.72 Å². The predicted octanol–water partition coefficient (Wildman–Crippen LogP) is -0.721. The van der Waals surface area contributed by atoms with Crippen LogP contribution in [-0.4, -0.2) is 33.4 Å². The lowest BCUT2D eigenvalue weighted by molar-refractivity contribution is -0.385. The van der Waals surface area contributed by atoms with Crippen molar-refractivity contribution >= 4 is 23.4 Å². The Morgan fingerprint density at radius 2 is 2.26 bits per heavy atom. The number of carbonyl (C=O) groups excluding carboxylic acids is 1. The standard InChI is InChI=1S/C9H13N7O3/c1-4-7(16(18)19)8(14-9(12-4)15-10)13-5-2-6(17)11-3-5/h5H,2-3,10H2,1H3,(H,11,17)(H2,12,13,14,15). The monoisotopic (exact) mass is 267 g/mol. The maximum Gasteiger partial charge on any atom is 0.332 e. The van der Waals surface area contributed by atoms with E-state index < -0.39 is 4.92 Å². The van der Waals surface area contributed by atoms with Gasteiger partial charge < -0.3 is 10.6 Å². The largest absolute Gasteiger partial charge is 0.359 e. The molecule has 0 spiro atoms. The highest BCUT2D eigenvalue weighted by Gasteiger charge is 2.27. The third kappa shape index (κ3) is 2.68. The van der Waals surface area contributed by atoms with Gasteiger partial charge in [-0.3, -0.25) is 20.3 Å². The van der Waals surface area contributed by atoms with E-state index in [0.717, 1.165) is 0 Å². The van der Waals surface area contributed by atoms with Gasteiger partial charge in [0.2, 0.25) is 17.7 Å². The van der Waals surface area contributed by atoms with Gasteiger partial charge >= 0.3 is 5.69 Å². The number of aryl methyl sites for hydroxylation is 1. The Kier molecular flexibility index (Phi) is 3.42. The van der Waals surface area contributed by atoms with E-state index in [1.165, 1.54) is 6.92 Å². The molecule has 2 heterocycles. The molecule has 2 rings (SSSR count). The van der Waals surface area contributed by atoms with Gasteiger partial charge in [0.05, 0.1) is 11.0 Å². The molecule has 0 bridgehead atoms. The summed E-state index contributed by atoms with van der Waals surface area (Å²) in [6.45, 7) is 1.88. The van der Waals surface area contributed by atoms with Crippen molar-refractivity contribution in [1.29, 1.82) is 0 Å². The SMILES string of the molecule is Cc1nc(NN)nc(NC2CNC(=O)C2)c1[N+](=O)[O-]. The number of hydrazine groups is 1. The average Bonchev–Trinajstić information content (AvgIpc) is 2.73. The van der Waals surface area contributed by atoms with Crippen molar-refractivity contribution in [3.63, 3.8) is 0 Å². The number of nitrogens with zero attached hydrogens (tertiary/aromatic N) is 3. The van der Waals surface area contributed by atoms with Crippen molar-refractivity contribution in [3.8, 4) is 0 Å². The average molecular weight is 267 g/mol. The molecule has 1 saturated heterocycles. The summed E-state index contributed by atoms with van der Waals surface area (Å²) in [6.07, 6.45) is 0.242. The molecular formula is C9H13N7O3. The number of hydrogen-bond acceptors (Lipinski definition) is 8. The van der Waals surface area contributed by atoms with E-state index in [4.69, 9.17) is 5.84 Å². The second kappa shape index (κ2) is 5.02. The first-order valence-corrected chi connectivity index (χ1v) is 5.54. The highest BCUT2D eigenvalue weighted by molar-refractivity contribution is 5.80. The number of nitro groups is 1. The van der Waals surface area contributed by atoms with E-state index in [0.29, 0.717) is 6.54 Å². The van der Waals surface area contributed by atoms with Gasteiger partial charge in [-0.2, -0.15) is 4.98 Å². The highest BCUT2D eigenvalue weighted by atomic mass is 16.6. The molecule has 1 aromatic heterocycles. The molecule has 1 aromatic rings. The zero-order valence-corrected chi connectivity index (χ0v) is 10.1. The highest BCUT2D eigenvalue weighted by Crippen LogP contribution is 2.27. The number of nitrogens with two attached hydrogens (primary N) is 1. The smallest absolute Gasteiger partial charge is 0.332 e. The Labute approximate surface area is 107 Å². The fraction of sp³-hybridized carbons (Fsp3) is 0.444. The predicted molar refractivity (Wildman–Crippen MR) is 66.3 cm³/mol. The fourth-order valence-corrected chi connectivity index (χ4v) is 1.85. The van der Waals surface area contributed by atoms with Gasteiger partial charge in [-0.15, -0.1) is 0 Å². The molecule has 0 aromatic carbocycles. The first kappa shape index (κ1) is 13.0. The second-order valence-corrected chi connectivity index (χ2v) is 4.08. The molecule has 1 amide bonds. The normalized spacial score (nSPS) is 18.0. The summed E-state index contributed by atoms with van der Waals surface area (Å²) in [6, 6.07) is -0.244. The number of nitrogens with one attached hydrogen (secondary N) is 3. The molecule has 19 heavy (non-hydrogen) atoms. The summed E-state index contributed by atoms with van der Waals surface area (Å²) >= 11 is 0. The van der Waals surface area contributed by atoms with Gasteiger partial charge in [0.1, 0.15) is 5.69 Å². The Bertz CT molecular complexity index is 533. The minimum absolute atomic E-state index is 0.0481. The minimum Gasteiger partial charge on any atom is -0.359 e. The third-order valence-corrected chi connectivity index (χ3v) is 2.69. The molecule has 10 nitrogen and oxygen atoms in total. The number of hydrogen-bond donors (Lipinski definition) is 4. The van der Waals surface area contributed by atoms with E-state index >= 15 is 0 Å². The van der Waals surface area contributed by atoms with E-state index in [-0.39, 0.29) is 41.5 Å². The van der Waals surface area contributed by atoms with Crippen LogP contribution < -0.4 is 21.9 Å². The van der Waals surface area contributed by atoms with Gasteiger partial charge in [-0.1, -0.05) is 0 Å². The van der Waals surface area contributed by atoms with Crippen LogP contribution in [0.25, 0.3) is 0 Å². The number of amides is 1. The van der Waals surface area contributed by atoms with Crippen LogP contribution in [-0.2, 0) is 4.79 Å². The van der Waals surface area contributed by atoms with Gasteiger partial charge in [-0.25, -0.2) is 10.8 Å². The molecule has 1 aliphatic rings. The topological polar surface area (TPSA) is 148 Å². The van der Waals surface area contributed by atoms with Crippen LogP contribution in [0.2, 0.25) is 0 Å². The fourth-order valence-electron chi connectivity index (χ4n) is 1.85. The zero-order chi connectivity index (χ0) is 14.0. The van der Waals surface area contributed by atoms with E-state index in [9.17, 15) is 14.9 Å². The van der Waals surface area contributed by atoms with Crippen LogP contribution in [0.15, 0.2) is 0 Å². The molecule has 5 N–H and O–H groups in total. The maximum atomic E-state index is 11.1. The molecule has 0 aliphatic carbocycles. The van der Waals surface area contributed by atoms with Crippen LogP contribution in [0.4, 0.5) is 17.5 Å². The molecule has 0 saturated carbocycles. The van der Waals surface area contributed by atoms with Crippen LogP contribution in [0.5, 0.6) is 0 Å². The molecular weight excluding hydrogens is 254 g/mol. The van der Waals surface area contributed by atoms with Crippen molar-refractivity contribution in [3.05, 3.63) is 15.8 Å². The molecule has 1 unspecified atom stereocenters. The number of aromatic nitrogens is 2. The van der Waals surface area contributed by atoms with Crippen molar-refractivity contribution in [2.24, 2.45) is 5.84 Å². The Balaban J connectivity index is 2.33. The van der Waals surface area contributed by atoms with Gasteiger partial charge in [0.25, 0.3) is 0 Å². The van der Waals surface area contributed by atoms with E-state index in [1.807, 2.05) is 0 Å². The van der Waals surface area contributed by atoms with Crippen LogP contribution >= 0.6 is 0 Å². The third-order valence-electron chi connectivity index (χ3n) is 2.69. The molecule has 1 fully saturated rings. The minimum atomic E-state index is -0.567. The molecule has 102 valence electrons. The number of nitrogen functional groups attached to an aromatic ring is 1. The summed E-state index contributed by atoms with van der Waals surface area (Å²) in [5, 5.41) is 16.5. The van der Waals surface area contributed by atoms with Crippen LogP contribution in [0, 0.1) is 17.0 Å². The van der Waals surface area contributed by atoms with Crippen molar-refractivity contribution in [2.75, 3.05) is 17.3 Å². The van der Waals surface area contributed by atoms with Crippen molar-refractivity contribution in [2.45, 2.75) is 19.4 Å². The molecule has 1 atom stereocenters. The van der Waals surface area contributed by atoms with Gasteiger partial charge in [0, 0.05) is 13.0 Å². The summed E-state index contributed by atoms with van der Waals surface area (Å²) in [5.41, 5.74) is 2.20. The lowest BCUT2D eigenvalue weighted by Crippen LogP contribution is -2.24. The lowest BCUT2D eigenvalue weighted by atomic mass is 10.2. The maximum absolute atomic E-state index is 11.1.